The largest absolute Gasteiger partial charge is 0.370 e. The molecule has 25 heavy (non-hydrogen) atoms. The van der Waals surface area contributed by atoms with Crippen LogP contribution in [0.3, 0.4) is 0 Å². The molecule has 0 aliphatic carbocycles. The minimum atomic E-state index is -0.0118. The lowest BCUT2D eigenvalue weighted by Crippen LogP contribution is -2.48. The molecule has 1 amide bonds. The van der Waals surface area contributed by atoms with Gasteiger partial charge in [0.1, 0.15) is 6.10 Å². The van der Waals surface area contributed by atoms with Crippen LogP contribution >= 0.6 is 12.4 Å². The Morgan fingerprint density at radius 3 is 2.68 bits per heavy atom. The Labute approximate surface area is 158 Å². The number of hydrogen-bond donors (Lipinski definition) is 1. The summed E-state index contributed by atoms with van der Waals surface area (Å²) in [5, 5.41) is 0. The van der Waals surface area contributed by atoms with Gasteiger partial charge in [0, 0.05) is 6.42 Å². The van der Waals surface area contributed by atoms with Crippen molar-refractivity contribution in [1.29, 1.82) is 0 Å². The molecule has 4 nitrogen and oxygen atoms in total. The van der Waals surface area contributed by atoms with Crippen molar-refractivity contribution < 1.29 is 9.53 Å². The lowest BCUT2D eigenvalue weighted by atomic mass is 9.98. The van der Waals surface area contributed by atoms with Crippen LogP contribution < -0.4 is 5.73 Å². The summed E-state index contributed by atoms with van der Waals surface area (Å²) in [5.74, 6) is 0.258. The second kappa shape index (κ2) is 10.8. The topological polar surface area (TPSA) is 55.6 Å². The molecule has 1 fully saturated rings. The van der Waals surface area contributed by atoms with E-state index < -0.39 is 0 Å². The maximum atomic E-state index is 12.6. The predicted molar refractivity (Wildman–Crippen MR) is 105 cm³/mol. The first-order chi connectivity index (χ1) is 11.5. The summed E-state index contributed by atoms with van der Waals surface area (Å²) in [6.07, 6.45) is 4.83. The quantitative estimate of drug-likeness (QED) is 0.742. The highest BCUT2D eigenvalue weighted by Crippen LogP contribution is 2.28. The molecule has 2 atom stereocenters. The molecule has 2 rings (SSSR count). The van der Waals surface area contributed by atoms with Crippen molar-refractivity contribution in [3.63, 3.8) is 0 Å². The highest BCUT2D eigenvalue weighted by Gasteiger charge is 2.30. The van der Waals surface area contributed by atoms with E-state index in [1.165, 1.54) is 16.7 Å². The average Bonchev–Trinajstić information content (AvgIpc) is 2.57. The minimum Gasteiger partial charge on any atom is -0.370 e. The molecule has 0 saturated carbocycles. The van der Waals surface area contributed by atoms with Gasteiger partial charge >= 0.3 is 0 Å². The number of amides is 1. The molecule has 1 aromatic carbocycles. The van der Waals surface area contributed by atoms with Gasteiger partial charge in [-0.05, 0) is 51.3 Å². The van der Waals surface area contributed by atoms with Crippen molar-refractivity contribution in [2.75, 3.05) is 19.7 Å². The summed E-state index contributed by atoms with van der Waals surface area (Å²) in [7, 11) is 0. The van der Waals surface area contributed by atoms with Crippen LogP contribution in [0.2, 0.25) is 0 Å². The van der Waals surface area contributed by atoms with Gasteiger partial charge in [0.15, 0.2) is 0 Å². The summed E-state index contributed by atoms with van der Waals surface area (Å²) in [4.78, 5) is 14.6. The van der Waals surface area contributed by atoms with Gasteiger partial charge < -0.3 is 15.4 Å². The van der Waals surface area contributed by atoms with Crippen LogP contribution in [-0.4, -0.2) is 36.5 Å². The summed E-state index contributed by atoms with van der Waals surface area (Å²) in [6.45, 7) is 8.29. The molecule has 1 heterocycles. The molecule has 0 radical (unpaired) electrons. The van der Waals surface area contributed by atoms with Gasteiger partial charge in [0.2, 0.25) is 5.91 Å². The van der Waals surface area contributed by atoms with Gasteiger partial charge in [0.25, 0.3) is 0 Å². The number of rotatable bonds is 7. The fourth-order valence-corrected chi connectivity index (χ4v) is 3.32. The number of nitrogens with zero attached hydrogens (tertiary/aromatic N) is 1. The van der Waals surface area contributed by atoms with Crippen molar-refractivity contribution in [2.24, 2.45) is 5.73 Å². The Morgan fingerprint density at radius 1 is 1.24 bits per heavy atom. The second-order valence-electron chi connectivity index (χ2n) is 7.03. The number of carbonyl (C=O) groups excluding carboxylic acids is 1. The predicted octanol–water partition coefficient (Wildman–Crippen LogP) is 3.92. The van der Waals surface area contributed by atoms with E-state index in [2.05, 4.69) is 39.0 Å². The Kier molecular flexibility index (Phi) is 9.47. The summed E-state index contributed by atoms with van der Waals surface area (Å²) in [5.41, 5.74) is 9.18. The van der Waals surface area contributed by atoms with Crippen molar-refractivity contribution in [3.8, 4) is 0 Å². The molecule has 1 saturated heterocycles. The smallest absolute Gasteiger partial charge is 0.222 e. The number of hydrogen-bond acceptors (Lipinski definition) is 3. The monoisotopic (exact) mass is 368 g/mol. The molecule has 0 bridgehead atoms. The molecule has 5 heteroatoms. The van der Waals surface area contributed by atoms with E-state index in [1.54, 1.807) is 0 Å². The molecule has 2 N–H and O–H groups in total. The third kappa shape index (κ3) is 6.28. The highest BCUT2D eigenvalue weighted by molar-refractivity contribution is 5.85. The fraction of sp³-hybridized carbons (Fsp3) is 0.650. The zero-order valence-electron chi connectivity index (χ0n) is 15.8. The Morgan fingerprint density at radius 2 is 1.96 bits per heavy atom. The average molecular weight is 369 g/mol. The van der Waals surface area contributed by atoms with E-state index in [0.717, 1.165) is 32.2 Å². The van der Waals surface area contributed by atoms with E-state index in [-0.39, 0.29) is 30.5 Å². The van der Waals surface area contributed by atoms with Crippen LogP contribution in [0.1, 0.15) is 61.8 Å². The SMILES string of the molecule is Cc1ccc(C)c(C2CN(C(=O)CCCCCCN)C(C)CO2)c1.Cl. The summed E-state index contributed by atoms with van der Waals surface area (Å²) in [6, 6.07) is 6.60. The summed E-state index contributed by atoms with van der Waals surface area (Å²) < 4.78 is 6.04. The number of halogens is 1. The standard InChI is InChI=1S/C20H32N2O2.ClH/c1-15-9-10-16(2)18(12-15)19-13-22(17(3)14-24-19)20(23)8-6-4-5-7-11-21;/h9-10,12,17,19H,4-8,11,13-14,21H2,1-3H3;1H. The van der Waals surface area contributed by atoms with Gasteiger partial charge in [-0.1, -0.05) is 36.6 Å². The second-order valence-corrected chi connectivity index (χ2v) is 7.03. The van der Waals surface area contributed by atoms with E-state index in [1.807, 2.05) is 4.90 Å². The Balaban J connectivity index is 0.00000312. The number of ether oxygens (including phenoxy) is 1. The van der Waals surface area contributed by atoms with Crippen molar-refractivity contribution in [2.45, 2.75) is 65.0 Å². The van der Waals surface area contributed by atoms with Gasteiger partial charge in [-0.25, -0.2) is 0 Å². The molecule has 1 aliphatic rings. The van der Waals surface area contributed by atoms with E-state index in [4.69, 9.17) is 10.5 Å². The maximum Gasteiger partial charge on any atom is 0.222 e. The van der Waals surface area contributed by atoms with Crippen molar-refractivity contribution >= 4 is 18.3 Å². The Hall–Kier alpha value is -1.10. The van der Waals surface area contributed by atoms with Gasteiger partial charge in [-0.2, -0.15) is 0 Å². The van der Waals surface area contributed by atoms with Crippen LogP contribution in [0.4, 0.5) is 0 Å². The third-order valence-electron chi connectivity index (χ3n) is 4.88. The molecule has 142 valence electrons. The first-order valence-electron chi connectivity index (χ1n) is 9.21. The van der Waals surface area contributed by atoms with Crippen LogP contribution in [0.15, 0.2) is 18.2 Å². The van der Waals surface area contributed by atoms with Gasteiger partial charge in [0.05, 0.1) is 19.2 Å². The molecular formula is C20H33ClN2O2. The molecule has 0 spiro atoms. The van der Waals surface area contributed by atoms with Crippen LogP contribution in [0, 0.1) is 13.8 Å². The first-order valence-corrected chi connectivity index (χ1v) is 9.21. The maximum absolute atomic E-state index is 12.6. The molecule has 1 aliphatic heterocycles. The number of benzene rings is 1. The Bertz CT molecular complexity index is 550. The number of nitrogens with two attached hydrogens (primary N) is 1. The van der Waals surface area contributed by atoms with Gasteiger partial charge in [-0.3, -0.25) is 4.79 Å². The molecule has 2 unspecified atom stereocenters. The number of unbranched alkanes of at least 4 members (excludes halogenated alkanes) is 3. The van der Waals surface area contributed by atoms with E-state index >= 15 is 0 Å². The molecule has 0 aromatic heterocycles. The van der Waals surface area contributed by atoms with Crippen molar-refractivity contribution in [3.05, 3.63) is 34.9 Å². The van der Waals surface area contributed by atoms with E-state index in [0.29, 0.717) is 19.6 Å². The number of morpholine rings is 1. The summed E-state index contributed by atoms with van der Waals surface area (Å²) >= 11 is 0. The van der Waals surface area contributed by atoms with Crippen LogP contribution in [0.25, 0.3) is 0 Å². The zero-order valence-corrected chi connectivity index (χ0v) is 16.6. The fourth-order valence-electron chi connectivity index (χ4n) is 3.32. The zero-order chi connectivity index (χ0) is 17.5. The number of aryl methyl sites for hydroxylation is 2. The van der Waals surface area contributed by atoms with E-state index in [9.17, 15) is 4.79 Å². The van der Waals surface area contributed by atoms with Crippen LogP contribution in [-0.2, 0) is 9.53 Å². The van der Waals surface area contributed by atoms with Crippen molar-refractivity contribution in [1.82, 2.24) is 4.90 Å². The normalized spacial score (nSPS) is 20.2. The number of carbonyl (C=O) groups is 1. The third-order valence-corrected chi connectivity index (χ3v) is 4.88. The lowest BCUT2D eigenvalue weighted by molar-refractivity contribution is -0.144. The lowest BCUT2D eigenvalue weighted by Gasteiger charge is -2.39. The first kappa shape index (κ1) is 21.9. The molecular weight excluding hydrogens is 336 g/mol. The molecule has 1 aromatic rings. The van der Waals surface area contributed by atoms with Crippen LogP contribution in [0.5, 0.6) is 0 Å². The minimum absolute atomic E-state index is 0. The highest BCUT2D eigenvalue weighted by atomic mass is 35.5. The van der Waals surface area contributed by atoms with Gasteiger partial charge in [-0.15, -0.1) is 12.4 Å².